The van der Waals surface area contributed by atoms with Crippen LogP contribution in [0.3, 0.4) is 0 Å². The fourth-order valence-electron chi connectivity index (χ4n) is 1.49. The number of nitrogens with zero attached hydrogens (tertiary/aromatic N) is 3. The van der Waals surface area contributed by atoms with Gasteiger partial charge in [0.2, 0.25) is 0 Å². The van der Waals surface area contributed by atoms with Crippen LogP contribution in [0.15, 0.2) is 11.4 Å². The highest BCUT2D eigenvalue weighted by molar-refractivity contribution is 5.85. The van der Waals surface area contributed by atoms with Gasteiger partial charge in [0.25, 0.3) is 0 Å². The highest BCUT2D eigenvalue weighted by atomic mass is 19.4. The number of ketones is 1. The molecule has 1 aliphatic rings. The fraction of sp³-hybridized carbons (Fsp3) is 0.500. The highest BCUT2D eigenvalue weighted by Crippen LogP contribution is 2.37. The Hall–Kier alpha value is -1.73. The molecular formula is C8H6F3N3O2. The maximum atomic E-state index is 12.4. The lowest BCUT2D eigenvalue weighted by atomic mass is 9.92. The van der Waals surface area contributed by atoms with E-state index < -0.39 is 17.6 Å². The average Bonchev–Trinajstić information content (AvgIpc) is 2.55. The van der Waals surface area contributed by atoms with Crippen LogP contribution in [0.1, 0.15) is 24.6 Å². The molecule has 1 aliphatic carbocycles. The van der Waals surface area contributed by atoms with Gasteiger partial charge in [-0.3, -0.25) is 9.48 Å². The number of alkyl halides is 3. The molecule has 8 heteroatoms. The van der Waals surface area contributed by atoms with E-state index in [9.17, 15) is 22.9 Å². The molecule has 0 unspecified atom stereocenters. The molecular weight excluding hydrogens is 227 g/mol. The molecule has 1 saturated carbocycles. The van der Waals surface area contributed by atoms with Gasteiger partial charge in [0.05, 0.1) is 12.2 Å². The van der Waals surface area contributed by atoms with Gasteiger partial charge in [-0.1, -0.05) is 0 Å². The number of carbonyl (C=O) groups is 1. The highest BCUT2D eigenvalue weighted by Gasteiger charge is 2.40. The minimum absolute atomic E-state index is 0.0327. The molecule has 86 valence electrons. The number of aromatic nitrogens is 2. The van der Waals surface area contributed by atoms with Crippen LogP contribution < -0.4 is 0 Å². The number of hydrogen-bond acceptors (Lipinski definition) is 4. The third-order valence-corrected chi connectivity index (χ3v) is 2.38. The summed E-state index contributed by atoms with van der Waals surface area (Å²) >= 11 is 0. The molecule has 16 heavy (non-hydrogen) atoms. The largest absolute Gasteiger partial charge is 0.437 e. The molecule has 1 aromatic rings. The molecule has 2 rings (SSSR count). The van der Waals surface area contributed by atoms with Gasteiger partial charge in [-0.15, -0.1) is 4.91 Å². The summed E-state index contributed by atoms with van der Waals surface area (Å²) in [7, 11) is 0. The second-order valence-corrected chi connectivity index (χ2v) is 3.53. The number of nitroso groups, excluding NO2 is 1. The van der Waals surface area contributed by atoms with Gasteiger partial charge < -0.3 is 0 Å². The molecule has 0 aromatic carbocycles. The lowest BCUT2D eigenvalue weighted by Crippen LogP contribution is -2.27. The Morgan fingerprint density at radius 1 is 1.44 bits per heavy atom. The van der Waals surface area contributed by atoms with E-state index in [1.165, 1.54) is 0 Å². The standard InChI is InChI=1S/C8H6F3N3O2/c9-8(10,11)7-6(13-16)3-14(12-7)4-1-5(15)2-4/h3-4H,1-2H2. The predicted molar refractivity (Wildman–Crippen MR) is 46.0 cm³/mol. The summed E-state index contributed by atoms with van der Waals surface area (Å²) in [5, 5.41) is 5.53. The van der Waals surface area contributed by atoms with Gasteiger partial charge in [-0.05, 0) is 5.18 Å². The summed E-state index contributed by atoms with van der Waals surface area (Å²) < 4.78 is 38.1. The SMILES string of the molecule is O=Nc1cn(C2CC(=O)C2)nc1C(F)(F)F. The Morgan fingerprint density at radius 3 is 2.44 bits per heavy atom. The Bertz CT molecular complexity index is 444. The molecule has 1 heterocycles. The third kappa shape index (κ3) is 1.70. The van der Waals surface area contributed by atoms with E-state index in [0.717, 1.165) is 10.9 Å². The summed E-state index contributed by atoms with van der Waals surface area (Å²) in [4.78, 5) is 20.9. The summed E-state index contributed by atoms with van der Waals surface area (Å²) in [6.07, 6.45) is -3.48. The smallest absolute Gasteiger partial charge is 0.300 e. The minimum Gasteiger partial charge on any atom is -0.300 e. The van der Waals surface area contributed by atoms with E-state index in [-0.39, 0.29) is 24.7 Å². The van der Waals surface area contributed by atoms with Crippen LogP contribution in [-0.4, -0.2) is 15.6 Å². The lowest BCUT2D eigenvalue weighted by Gasteiger charge is -2.24. The molecule has 0 radical (unpaired) electrons. The Balaban J connectivity index is 2.33. The van der Waals surface area contributed by atoms with Crippen molar-refractivity contribution in [1.82, 2.24) is 9.78 Å². The first kappa shape index (κ1) is 10.8. The first-order valence-electron chi connectivity index (χ1n) is 4.43. The lowest BCUT2D eigenvalue weighted by molar-refractivity contribution is -0.141. The number of halogens is 3. The van der Waals surface area contributed by atoms with Crippen LogP contribution in [0, 0.1) is 4.91 Å². The predicted octanol–water partition coefficient (Wildman–Crippen LogP) is 2.20. The van der Waals surface area contributed by atoms with Crippen molar-refractivity contribution in [3.63, 3.8) is 0 Å². The van der Waals surface area contributed by atoms with Gasteiger partial charge in [0.1, 0.15) is 5.78 Å². The summed E-state index contributed by atoms with van der Waals surface area (Å²) in [5.41, 5.74) is -2.05. The zero-order valence-electron chi connectivity index (χ0n) is 7.86. The quantitative estimate of drug-likeness (QED) is 0.735. The van der Waals surface area contributed by atoms with Gasteiger partial charge in [-0.2, -0.15) is 18.3 Å². The maximum absolute atomic E-state index is 12.4. The van der Waals surface area contributed by atoms with E-state index in [1.54, 1.807) is 0 Å². The second kappa shape index (κ2) is 3.39. The minimum atomic E-state index is -4.71. The van der Waals surface area contributed by atoms with Crippen LogP contribution in [0.5, 0.6) is 0 Å². The Kier molecular flexibility index (Phi) is 2.28. The monoisotopic (exact) mass is 233 g/mol. The number of Topliss-reactive ketones (excluding diaryl/α,β-unsaturated/α-hetero) is 1. The molecule has 0 N–H and O–H groups in total. The number of rotatable bonds is 2. The zero-order valence-corrected chi connectivity index (χ0v) is 7.86. The number of hydrogen-bond donors (Lipinski definition) is 0. The third-order valence-electron chi connectivity index (χ3n) is 2.38. The zero-order chi connectivity index (χ0) is 11.9. The van der Waals surface area contributed by atoms with Gasteiger partial charge in [0.15, 0.2) is 11.4 Å². The van der Waals surface area contributed by atoms with Crippen molar-refractivity contribution in [3.05, 3.63) is 16.8 Å². The number of carbonyl (C=O) groups excluding carboxylic acids is 1. The van der Waals surface area contributed by atoms with E-state index in [2.05, 4.69) is 10.3 Å². The average molecular weight is 233 g/mol. The van der Waals surface area contributed by atoms with Crippen LogP contribution >= 0.6 is 0 Å². The van der Waals surface area contributed by atoms with Crippen molar-refractivity contribution in [3.8, 4) is 0 Å². The molecule has 0 spiro atoms. The van der Waals surface area contributed by atoms with Crippen molar-refractivity contribution in [2.24, 2.45) is 5.18 Å². The maximum Gasteiger partial charge on any atom is 0.437 e. The molecule has 0 amide bonds. The van der Waals surface area contributed by atoms with Crippen molar-refractivity contribution in [1.29, 1.82) is 0 Å². The summed E-state index contributed by atoms with van der Waals surface area (Å²) in [6, 6.07) is -0.385. The fourth-order valence-corrected chi connectivity index (χ4v) is 1.49. The topological polar surface area (TPSA) is 64.3 Å². The molecule has 0 aliphatic heterocycles. The molecule has 5 nitrogen and oxygen atoms in total. The molecule has 0 bridgehead atoms. The second-order valence-electron chi connectivity index (χ2n) is 3.53. The van der Waals surface area contributed by atoms with Crippen LogP contribution in [-0.2, 0) is 11.0 Å². The van der Waals surface area contributed by atoms with Gasteiger partial charge in [-0.25, -0.2) is 0 Å². The van der Waals surface area contributed by atoms with Crippen molar-refractivity contribution in [2.45, 2.75) is 25.1 Å². The Labute approximate surface area is 87.2 Å². The van der Waals surface area contributed by atoms with Crippen LogP contribution in [0.25, 0.3) is 0 Å². The van der Waals surface area contributed by atoms with Crippen LogP contribution in [0.4, 0.5) is 18.9 Å². The van der Waals surface area contributed by atoms with E-state index in [0.29, 0.717) is 0 Å². The molecule has 1 fully saturated rings. The molecule has 0 atom stereocenters. The van der Waals surface area contributed by atoms with Crippen molar-refractivity contribution >= 4 is 11.5 Å². The first-order chi connectivity index (χ1) is 7.41. The van der Waals surface area contributed by atoms with E-state index in [1.807, 2.05) is 0 Å². The molecule has 0 saturated heterocycles. The van der Waals surface area contributed by atoms with E-state index >= 15 is 0 Å². The van der Waals surface area contributed by atoms with Crippen molar-refractivity contribution < 1.29 is 18.0 Å². The van der Waals surface area contributed by atoms with Gasteiger partial charge in [0, 0.05) is 12.8 Å². The van der Waals surface area contributed by atoms with E-state index in [4.69, 9.17) is 0 Å². The van der Waals surface area contributed by atoms with Crippen molar-refractivity contribution in [2.75, 3.05) is 0 Å². The first-order valence-corrected chi connectivity index (χ1v) is 4.43. The normalized spacial score (nSPS) is 17.3. The molecule has 1 aromatic heterocycles. The Morgan fingerprint density at radius 2 is 2.06 bits per heavy atom. The van der Waals surface area contributed by atoms with Gasteiger partial charge >= 0.3 is 6.18 Å². The van der Waals surface area contributed by atoms with Crippen LogP contribution in [0.2, 0.25) is 0 Å². The summed E-state index contributed by atoms with van der Waals surface area (Å²) in [6.45, 7) is 0. The summed E-state index contributed by atoms with van der Waals surface area (Å²) in [5.74, 6) is -0.0327.